The molecule has 144 valence electrons. The van der Waals surface area contributed by atoms with Crippen LogP contribution in [0.1, 0.15) is 34.9 Å². The van der Waals surface area contributed by atoms with Gasteiger partial charge < -0.3 is 10.2 Å². The number of thiophene rings is 1. The first-order valence-electron chi connectivity index (χ1n) is 9.08. The topological polar surface area (TPSA) is 78.4 Å². The van der Waals surface area contributed by atoms with E-state index in [2.05, 4.69) is 27.1 Å². The van der Waals surface area contributed by atoms with Crippen LogP contribution in [0.3, 0.4) is 0 Å². The highest BCUT2D eigenvalue weighted by Crippen LogP contribution is 2.19. The minimum absolute atomic E-state index is 0.00218. The summed E-state index contributed by atoms with van der Waals surface area (Å²) in [4.78, 5) is 38.4. The Labute approximate surface area is 163 Å². The lowest BCUT2D eigenvalue weighted by atomic mass is 10.0. The van der Waals surface area contributed by atoms with Crippen LogP contribution < -0.4 is 5.32 Å². The number of aryl methyl sites for hydroxylation is 1. The van der Waals surface area contributed by atoms with E-state index in [1.807, 2.05) is 29.3 Å². The Morgan fingerprint density at radius 3 is 2.63 bits per heavy atom. The van der Waals surface area contributed by atoms with Gasteiger partial charge in [0.05, 0.1) is 18.7 Å². The second-order valence-corrected chi connectivity index (χ2v) is 7.86. The smallest absolute Gasteiger partial charge is 0.257 e. The summed E-state index contributed by atoms with van der Waals surface area (Å²) in [6, 6.07) is 4.07. The van der Waals surface area contributed by atoms with Crippen molar-refractivity contribution in [1.82, 2.24) is 25.1 Å². The van der Waals surface area contributed by atoms with Crippen molar-refractivity contribution in [2.24, 2.45) is 0 Å². The lowest BCUT2D eigenvalue weighted by molar-refractivity contribution is -0.123. The van der Waals surface area contributed by atoms with Crippen LogP contribution in [0.5, 0.6) is 0 Å². The monoisotopic (exact) mass is 387 g/mol. The van der Waals surface area contributed by atoms with Crippen molar-refractivity contribution in [3.8, 4) is 0 Å². The van der Waals surface area contributed by atoms with Crippen molar-refractivity contribution in [3.05, 3.63) is 46.2 Å². The Kier molecular flexibility index (Phi) is 6.18. The number of rotatable bonds is 5. The normalized spacial score (nSPS) is 20.5. The molecule has 1 aliphatic rings. The van der Waals surface area contributed by atoms with E-state index in [4.69, 9.17) is 0 Å². The zero-order valence-corrected chi connectivity index (χ0v) is 16.7. The highest BCUT2D eigenvalue weighted by atomic mass is 32.1. The Morgan fingerprint density at radius 1 is 1.22 bits per heavy atom. The molecule has 2 atom stereocenters. The Bertz CT molecular complexity index is 778. The average molecular weight is 388 g/mol. The van der Waals surface area contributed by atoms with E-state index < -0.39 is 0 Å². The molecule has 0 unspecified atom stereocenters. The minimum Gasteiger partial charge on any atom is -0.350 e. The van der Waals surface area contributed by atoms with Gasteiger partial charge in [-0.1, -0.05) is 6.07 Å². The van der Waals surface area contributed by atoms with Gasteiger partial charge in [0.25, 0.3) is 5.91 Å². The van der Waals surface area contributed by atoms with Crippen LogP contribution in [0.4, 0.5) is 0 Å². The summed E-state index contributed by atoms with van der Waals surface area (Å²) < 4.78 is 0. The number of aromatic nitrogens is 2. The summed E-state index contributed by atoms with van der Waals surface area (Å²) >= 11 is 1.63. The van der Waals surface area contributed by atoms with Crippen molar-refractivity contribution < 1.29 is 9.59 Å². The van der Waals surface area contributed by atoms with Crippen molar-refractivity contribution in [3.63, 3.8) is 0 Å². The maximum atomic E-state index is 12.8. The highest BCUT2D eigenvalue weighted by molar-refractivity contribution is 7.09. The maximum absolute atomic E-state index is 12.8. The molecule has 1 aliphatic heterocycles. The third-order valence-corrected chi connectivity index (χ3v) is 5.95. The predicted octanol–water partition coefficient (Wildman–Crippen LogP) is 1.70. The molecule has 1 saturated heterocycles. The minimum atomic E-state index is -0.0591. The first kappa shape index (κ1) is 19.4. The van der Waals surface area contributed by atoms with Crippen LogP contribution in [0, 0.1) is 6.92 Å². The molecule has 2 aromatic heterocycles. The number of nitrogens with zero attached hydrogens (tertiary/aromatic N) is 4. The Balaban J connectivity index is 1.55. The molecule has 0 spiro atoms. The molecule has 2 amide bonds. The Hall–Kier alpha value is -2.32. The SMILES string of the molecule is Cc1ncc(C(=O)N2CCN(CC(=O)NCc3cccs3)[C@H](C)[C@H]2C)cn1. The lowest BCUT2D eigenvalue weighted by Gasteiger charge is -2.44. The van der Waals surface area contributed by atoms with Gasteiger partial charge in [-0.2, -0.15) is 0 Å². The molecule has 1 fully saturated rings. The molecule has 0 saturated carbocycles. The molecular formula is C19H25N5O2S. The summed E-state index contributed by atoms with van der Waals surface area (Å²) in [6.07, 6.45) is 3.15. The highest BCUT2D eigenvalue weighted by Gasteiger charge is 2.34. The molecule has 2 aromatic rings. The molecule has 7 nitrogen and oxygen atoms in total. The van der Waals surface area contributed by atoms with E-state index >= 15 is 0 Å². The zero-order chi connectivity index (χ0) is 19.4. The van der Waals surface area contributed by atoms with Gasteiger partial charge in [-0.05, 0) is 32.2 Å². The van der Waals surface area contributed by atoms with E-state index in [9.17, 15) is 9.59 Å². The van der Waals surface area contributed by atoms with Gasteiger partial charge in [-0.3, -0.25) is 14.5 Å². The van der Waals surface area contributed by atoms with Gasteiger partial charge in [0.15, 0.2) is 0 Å². The second-order valence-electron chi connectivity index (χ2n) is 6.83. The second kappa shape index (κ2) is 8.58. The fraction of sp³-hybridized carbons (Fsp3) is 0.474. The number of carbonyl (C=O) groups is 2. The van der Waals surface area contributed by atoms with Crippen LogP contribution in [0.2, 0.25) is 0 Å². The van der Waals surface area contributed by atoms with Gasteiger partial charge >= 0.3 is 0 Å². The van der Waals surface area contributed by atoms with Gasteiger partial charge in [0.2, 0.25) is 5.91 Å². The van der Waals surface area contributed by atoms with E-state index in [1.54, 1.807) is 30.7 Å². The number of hydrogen-bond donors (Lipinski definition) is 1. The van der Waals surface area contributed by atoms with E-state index in [1.165, 1.54) is 0 Å². The predicted molar refractivity (Wildman–Crippen MR) is 104 cm³/mol. The van der Waals surface area contributed by atoms with Gasteiger partial charge in [-0.25, -0.2) is 9.97 Å². The van der Waals surface area contributed by atoms with E-state index in [-0.39, 0.29) is 23.9 Å². The fourth-order valence-electron chi connectivity index (χ4n) is 3.23. The summed E-state index contributed by atoms with van der Waals surface area (Å²) in [5.41, 5.74) is 0.502. The third kappa shape index (κ3) is 4.70. The molecule has 3 rings (SSSR count). The van der Waals surface area contributed by atoms with Crippen LogP contribution in [-0.4, -0.2) is 63.3 Å². The third-order valence-electron chi connectivity index (χ3n) is 5.07. The fourth-order valence-corrected chi connectivity index (χ4v) is 3.87. The van der Waals surface area contributed by atoms with Crippen LogP contribution in [0.25, 0.3) is 0 Å². The maximum Gasteiger partial charge on any atom is 0.257 e. The molecule has 0 aromatic carbocycles. The number of nitrogens with one attached hydrogen (secondary N) is 1. The van der Waals surface area contributed by atoms with E-state index in [0.29, 0.717) is 37.6 Å². The molecular weight excluding hydrogens is 362 g/mol. The number of carbonyl (C=O) groups excluding carboxylic acids is 2. The molecule has 8 heteroatoms. The first-order chi connectivity index (χ1) is 13.0. The summed E-state index contributed by atoms with van der Waals surface area (Å²) in [5.74, 6) is 0.594. The molecule has 27 heavy (non-hydrogen) atoms. The molecule has 1 N–H and O–H groups in total. The van der Waals surface area contributed by atoms with Crippen LogP contribution >= 0.6 is 11.3 Å². The van der Waals surface area contributed by atoms with Crippen molar-refractivity contribution in [2.45, 2.75) is 39.4 Å². The average Bonchev–Trinajstić information content (AvgIpc) is 3.18. The Morgan fingerprint density at radius 2 is 1.96 bits per heavy atom. The first-order valence-corrected chi connectivity index (χ1v) is 9.96. The summed E-state index contributed by atoms with van der Waals surface area (Å²) in [7, 11) is 0. The number of amides is 2. The largest absolute Gasteiger partial charge is 0.350 e. The van der Waals surface area contributed by atoms with Crippen molar-refractivity contribution in [2.75, 3.05) is 19.6 Å². The van der Waals surface area contributed by atoms with Crippen molar-refractivity contribution >= 4 is 23.2 Å². The molecule has 0 aliphatic carbocycles. The lowest BCUT2D eigenvalue weighted by Crippen LogP contribution is -2.60. The van der Waals surface area contributed by atoms with Gasteiger partial charge in [0.1, 0.15) is 5.82 Å². The number of piperazine rings is 1. The van der Waals surface area contributed by atoms with Crippen LogP contribution in [-0.2, 0) is 11.3 Å². The molecule has 0 radical (unpaired) electrons. The van der Waals surface area contributed by atoms with E-state index in [0.717, 1.165) is 4.88 Å². The van der Waals surface area contributed by atoms with Gasteiger partial charge in [-0.15, -0.1) is 11.3 Å². The van der Waals surface area contributed by atoms with Crippen LogP contribution in [0.15, 0.2) is 29.9 Å². The zero-order valence-electron chi connectivity index (χ0n) is 15.9. The van der Waals surface area contributed by atoms with Gasteiger partial charge in [0, 0.05) is 42.4 Å². The molecule has 3 heterocycles. The number of hydrogen-bond acceptors (Lipinski definition) is 6. The summed E-state index contributed by atoms with van der Waals surface area (Å²) in [6.45, 7) is 8.02. The standard InChI is InChI=1S/C19H25N5O2S/c1-13-14(2)24(19(26)16-9-20-15(3)21-10-16)7-6-23(13)12-18(25)22-11-17-5-4-8-27-17/h4-5,8-10,13-14H,6-7,11-12H2,1-3H3,(H,22,25)/t13-,14-/m1/s1. The summed E-state index contributed by atoms with van der Waals surface area (Å²) in [5, 5.41) is 4.97. The van der Waals surface area contributed by atoms with Crippen molar-refractivity contribution in [1.29, 1.82) is 0 Å². The quantitative estimate of drug-likeness (QED) is 0.845. The molecule has 0 bridgehead atoms.